The van der Waals surface area contributed by atoms with E-state index < -0.39 is 0 Å². The zero-order valence-electron chi connectivity index (χ0n) is 33.2. The molecule has 1 aliphatic heterocycles. The summed E-state index contributed by atoms with van der Waals surface area (Å²) in [5, 5.41) is 7.55. The Morgan fingerprint density at radius 3 is 2.62 bits per heavy atom. The van der Waals surface area contributed by atoms with E-state index in [0.29, 0.717) is 18.5 Å². The first kappa shape index (κ1) is 39.3. The average Bonchev–Trinajstić information content (AvgIpc) is 3.74. The first-order valence-corrected chi connectivity index (χ1v) is 21.7. The second-order valence-corrected chi connectivity index (χ2v) is 17.9. The van der Waals surface area contributed by atoms with E-state index in [9.17, 15) is 0 Å². The second kappa shape index (κ2) is 19.3. The molecule has 2 saturated carbocycles. The van der Waals surface area contributed by atoms with E-state index in [1.807, 2.05) is 6.08 Å². The van der Waals surface area contributed by atoms with E-state index in [-0.39, 0.29) is 11.5 Å². The SMILES string of the molecule is C=C/C=C(\CN)[C@H]1CC=C(C2CCC(/C(C)=C/CC(C)(CN[C@@H]3CCCC4CCC=CC43)C3=CC=C(CCCC(N)C4=CNCC4)CC3)CC2)CC1. The monoisotopic (exact) mass is 707 g/mol. The largest absolute Gasteiger partial charge is 0.391 e. The van der Waals surface area contributed by atoms with Gasteiger partial charge in [0.05, 0.1) is 0 Å². The van der Waals surface area contributed by atoms with Crippen molar-refractivity contribution in [3.63, 3.8) is 0 Å². The first-order chi connectivity index (χ1) is 25.4. The molecule has 0 saturated heterocycles. The molecule has 4 unspecified atom stereocenters. The molecule has 6 atom stereocenters. The van der Waals surface area contributed by atoms with E-state index in [2.05, 4.69) is 79.8 Å². The quantitative estimate of drug-likeness (QED) is 0.0952. The van der Waals surface area contributed by atoms with E-state index in [4.69, 9.17) is 11.5 Å². The van der Waals surface area contributed by atoms with Crippen LogP contribution in [-0.2, 0) is 0 Å². The van der Waals surface area contributed by atoms with Gasteiger partial charge in [-0.1, -0.05) is 96.4 Å². The van der Waals surface area contributed by atoms with Crippen molar-refractivity contribution in [1.29, 1.82) is 0 Å². The van der Waals surface area contributed by atoms with Crippen molar-refractivity contribution in [2.45, 2.75) is 148 Å². The lowest BCUT2D eigenvalue weighted by Crippen LogP contribution is -2.46. The normalized spacial score (nSPS) is 31.7. The van der Waals surface area contributed by atoms with Crippen LogP contribution in [0.2, 0.25) is 0 Å². The molecule has 2 fully saturated rings. The molecular formula is C48H74N4. The van der Waals surface area contributed by atoms with Gasteiger partial charge < -0.3 is 22.1 Å². The van der Waals surface area contributed by atoms with Gasteiger partial charge in [0, 0.05) is 37.1 Å². The second-order valence-electron chi connectivity index (χ2n) is 17.9. The Labute approximate surface area is 318 Å². The lowest BCUT2D eigenvalue weighted by atomic mass is 9.70. The third kappa shape index (κ3) is 10.2. The van der Waals surface area contributed by atoms with Gasteiger partial charge in [-0.25, -0.2) is 0 Å². The summed E-state index contributed by atoms with van der Waals surface area (Å²) in [7, 11) is 0. The van der Waals surface area contributed by atoms with Gasteiger partial charge in [-0.2, -0.15) is 0 Å². The van der Waals surface area contributed by atoms with Crippen LogP contribution in [0.1, 0.15) is 136 Å². The Hall–Kier alpha value is -2.40. The number of nitrogens with two attached hydrogens (primary N) is 2. The van der Waals surface area contributed by atoms with E-state index in [1.165, 1.54) is 107 Å². The molecule has 6 rings (SSSR count). The minimum atomic E-state index is 0.141. The molecule has 0 aromatic rings. The number of hydrogen-bond acceptors (Lipinski definition) is 4. The molecule has 4 heteroatoms. The molecule has 5 aliphatic carbocycles. The van der Waals surface area contributed by atoms with Crippen LogP contribution in [0.4, 0.5) is 0 Å². The van der Waals surface area contributed by atoms with Crippen molar-refractivity contribution in [2.24, 2.45) is 46.5 Å². The lowest BCUT2D eigenvalue weighted by molar-refractivity contribution is 0.186. The number of allylic oxidation sites excluding steroid dienone is 10. The van der Waals surface area contributed by atoms with E-state index in [1.54, 1.807) is 22.3 Å². The highest BCUT2D eigenvalue weighted by Gasteiger charge is 2.36. The third-order valence-corrected chi connectivity index (χ3v) is 14.6. The zero-order chi connectivity index (χ0) is 36.3. The standard InChI is InChI=1S/C48H74N4/c1-4-9-42(32-49)40-24-22-39(23-25-40)38-20-18-37(19-21-38)35(2)28-30-48(3,34-52-47-15-8-12-41-11-5-6-13-45(41)47)44-26-16-36(17-27-44)10-7-14-46(50)43-29-31-51-33-43/h4,6,9,13,16,22,26,28,33,37-38,40-41,45-47,51-52H,1,5,7-8,10-12,14-15,17-21,23-25,27,29-32,34,49-50H2,2-3H3/b35-28+,42-9+/t37?,38?,40-,41?,45?,46?,47+,48?/m0/s1. The molecule has 6 N–H and O–H groups in total. The molecular weight excluding hydrogens is 633 g/mol. The number of hydrogen-bond donors (Lipinski definition) is 4. The van der Waals surface area contributed by atoms with Crippen molar-refractivity contribution >= 4 is 0 Å². The molecule has 4 nitrogen and oxygen atoms in total. The van der Waals surface area contributed by atoms with E-state index in [0.717, 1.165) is 62.4 Å². The van der Waals surface area contributed by atoms with Gasteiger partial charge in [-0.05, 0) is 164 Å². The van der Waals surface area contributed by atoms with Gasteiger partial charge in [-0.3, -0.25) is 0 Å². The van der Waals surface area contributed by atoms with Crippen LogP contribution in [0.15, 0.2) is 94.8 Å². The van der Waals surface area contributed by atoms with Crippen LogP contribution < -0.4 is 22.1 Å². The maximum atomic E-state index is 6.52. The molecule has 0 aromatic carbocycles. The van der Waals surface area contributed by atoms with Crippen LogP contribution in [0, 0.1) is 35.0 Å². The minimum absolute atomic E-state index is 0.141. The smallest absolute Gasteiger partial charge is 0.0271 e. The van der Waals surface area contributed by atoms with Gasteiger partial charge >= 0.3 is 0 Å². The molecule has 0 amide bonds. The fraction of sp³-hybridized carbons (Fsp3) is 0.667. The lowest BCUT2D eigenvalue weighted by Gasteiger charge is -2.42. The van der Waals surface area contributed by atoms with Crippen molar-refractivity contribution in [1.82, 2.24) is 10.6 Å². The summed E-state index contributed by atoms with van der Waals surface area (Å²) in [6, 6.07) is 0.847. The van der Waals surface area contributed by atoms with Crippen LogP contribution in [0.5, 0.6) is 0 Å². The average molecular weight is 707 g/mol. The molecule has 0 spiro atoms. The molecule has 1 heterocycles. The number of rotatable bonds is 16. The van der Waals surface area contributed by atoms with Gasteiger partial charge in [0.15, 0.2) is 0 Å². The predicted octanol–water partition coefficient (Wildman–Crippen LogP) is 10.7. The molecule has 6 aliphatic rings. The molecule has 52 heavy (non-hydrogen) atoms. The summed E-state index contributed by atoms with van der Waals surface area (Å²) >= 11 is 0. The molecule has 0 aromatic heterocycles. The summed E-state index contributed by atoms with van der Waals surface area (Å²) in [6.07, 6.45) is 45.5. The maximum absolute atomic E-state index is 6.52. The highest BCUT2D eigenvalue weighted by atomic mass is 14.9. The van der Waals surface area contributed by atoms with Crippen LogP contribution in [-0.4, -0.2) is 31.7 Å². The number of fused-ring (bicyclic) bond motifs is 1. The summed E-state index contributed by atoms with van der Waals surface area (Å²) in [4.78, 5) is 0. The van der Waals surface area contributed by atoms with Crippen molar-refractivity contribution in [3.05, 3.63) is 94.8 Å². The Kier molecular flexibility index (Phi) is 14.6. The first-order valence-electron chi connectivity index (χ1n) is 21.7. The maximum Gasteiger partial charge on any atom is 0.0271 e. The van der Waals surface area contributed by atoms with Crippen molar-refractivity contribution < 1.29 is 0 Å². The van der Waals surface area contributed by atoms with Crippen molar-refractivity contribution in [2.75, 3.05) is 19.6 Å². The molecule has 0 bridgehead atoms. The summed E-state index contributed by atoms with van der Waals surface area (Å²) < 4.78 is 0. The summed E-state index contributed by atoms with van der Waals surface area (Å²) in [5.74, 6) is 3.75. The predicted molar refractivity (Wildman–Crippen MR) is 224 cm³/mol. The minimum Gasteiger partial charge on any atom is -0.391 e. The van der Waals surface area contributed by atoms with Gasteiger partial charge in [0.25, 0.3) is 0 Å². The molecule has 286 valence electrons. The molecule has 0 radical (unpaired) electrons. The Morgan fingerprint density at radius 2 is 1.90 bits per heavy atom. The number of nitrogens with one attached hydrogen (secondary N) is 2. The Balaban J connectivity index is 1.07. The van der Waals surface area contributed by atoms with Crippen LogP contribution in [0.3, 0.4) is 0 Å². The third-order valence-electron chi connectivity index (χ3n) is 14.6. The summed E-state index contributed by atoms with van der Waals surface area (Å²) in [6.45, 7) is 11.7. The van der Waals surface area contributed by atoms with Gasteiger partial charge in [0.2, 0.25) is 0 Å². The van der Waals surface area contributed by atoms with Crippen molar-refractivity contribution in [3.8, 4) is 0 Å². The Bertz CT molecular complexity index is 1410. The fourth-order valence-electron chi connectivity index (χ4n) is 10.9. The zero-order valence-corrected chi connectivity index (χ0v) is 33.2. The summed E-state index contributed by atoms with van der Waals surface area (Å²) in [5.41, 5.74) is 22.2. The van der Waals surface area contributed by atoms with E-state index >= 15 is 0 Å². The van der Waals surface area contributed by atoms with Crippen LogP contribution >= 0.6 is 0 Å². The van der Waals surface area contributed by atoms with Gasteiger partial charge in [0.1, 0.15) is 0 Å². The van der Waals surface area contributed by atoms with Gasteiger partial charge in [-0.15, -0.1) is 0 Å². The highest BCUT2D eigenvalue weighted by Crippen LogP contribution is 2.44. The topological polar surface area (TPSA) is 76.1 Å². The Morgan fingerprint density at radius 1 is 1.04 bits per heavy atom. The highest BCUT2D eigenvalue weighted by molar-refractivity contribution is 5.30. The van der Waals surface area contributed by atoms with Crippen LogP contribution in [0.25, 0.3) is 0 Å². The fourth-order valence-corrected chi connectivity index (χ4v) is 10.9.